The van der Waals surface area contributed by atoms with E-state index >= 15 is 0 Å². The van der Waals surface area contributed by atoms with Crippen LogP contribution in [-0.2, 0) is 4.79 Å². The van der Waals surface area contributed by atoms with Crippen LogP contribution >= 0.6 is 11.6 Å². The number of nitrogens with zero attached hydrogens (tertiary/aromatic N) is 1. The Balaban J connectivity index is 1.53. The number of ether oxygens (including phenoxy) is 1. The third kappa shape index (κ3) is 4.80. The van der Waals surface area contributed by atoms with Gasteiger partial charge in [-0.1, -0.05) is 23.7 Å². The predicted octanol–water partition coefficient (Wildman–Crippen LogP) is 2.61. The molecule has 2 amide bonds. The number of H-pyrrole nitrogens is 1. The highest BCUT2D eigenvalue weighted by molar-refractivity contribution is 6.30. The number of hydrogen-bond donors (Lipinski definition) is 4. The Morgan fingerprint density at radius 2 is 1.79 bits per heavy atom. The Labute approximate surface area is 166 Å². The summed E-state index contributed by atoms with van der Waals surface area (Å²) in [5.74, 6) is -0.170. The Bertz CT molecular complexity index is 954. The number of methoxy groups -OCH3 is 1. The Hall–Kier alpha value is -3.52. The molecule has 3 rings (SSSR count). The van der Waals surface area contributed by atoms with Crippen molar-refractivity contribution in [1.29, 1.82) is 0 Å². The summed E-state index contributed by atoms with van der Waals surface area (Å²) >= 11 is 5.88. The fraction of sp³-hybridized carbons (Fsp3) is 0.105. The minimum Gasteiger partial charge on any atom is -0.497 e. The molecule has 0 saturated heterocycles. The molecule has 0 spiro atoms. The SMILES string of the molecule is COc1ccc(NCC(=O)NNC(=O)c2cn[nH]c2-c2ccc(Cl)cc2)cc1. The number of carbonyl (C=O) groups excluding carboxylic acids is 2. The number of aromatic nitrogens is 2. The molecule has 2 aromatic carbocycles. The fourth-order valence-electron chi connectivity index (χ4n) is 2.42. The first-order valence-corrected chi connectivity index (χ1v) is 8.71. The molecule has 28 heavy (non-hydrogen) atoms. The molecule has 0 bridgehead atoms. The summed E-state index contributed by atoms with van der Waals surface area (Å²) in [5, 5.41) is 10.2. The van der Waals surface area contributed by atoms with E-state index in [1.807, 2.05) is 0 Å². The quantitative estimate of drug-likeness (QED) is 0.476. The molecule has 0 aliphatic heterocycles. The topological polar surface area (TPSA) is 108 Å². The minimum absolute atomic E-state index is 0.0119. The predicted molar refractivity (Wildman–Crippen MR) is 106 cm³/mol. The van der Waals surface area contributed by atoms with Crippen LogP contribution in [0.3, 0.4) is 0 Å². The van der Waals surface area contributed by atoms with E-state index in [2.05, 4.69) is 26.4 Å². The molecular formula is C19H18ClN5O3. The van der Waals surface area contributed by atoms with Crippen molar-refractivity contribution in [3.63, 3.8) is 0 Å². The number of hydrazine groups is 1. The molecule has 4 N–H and O–H groups in total. The molecule has 0 radical (unpaired) electrons. The van der Waals surface area contributed by atoms with Gasteiger partial charge in [0.15, 0.2) is 0 Å². The molecular weight excluding hydrogens is 382 g/mol. The number of nitrogens with one attached hydrogen (secondary N) is 4. The molecule has 1 heterocycles. The van der Waals surface area contributed by atoms with Crippen LogP contribution in [0.1, 0.15) is 10.4 Å². The van der Waals surface area contributed by atoms with Crippen LogP contribution in [0.25, 0.3) is 11.3 Å². The van der Waals surface area contributed by atoms with Crippen LogP contribution < -0.4 is 20.9 Å². The Morgan fingerprint density at radius 1 is 1.07 bits per heavy atom. The smallest absolute Gasteiger partial charge is 0.273 e. The van der Waals surface area contributed by atoms with Gasteiger partial charge in [-0.25, -0.2) is 0 Å². The number of aromatic amines is 1. The zero-order chi connectivity index (χ0) is 19.9. The van der Waals surface area contributed by atoms with E-state index in [-0.39, 0.29) is 6.54 Å². The summed E-state index contributed by atoms with van der Waals surface area (Å²) < 4.78 is 5.07. The summed E-state index contributed by atoms with van der Waals surface area (Å²) in [6.07, 6.45) is 1.39. The highest BCUT2D eigenvalue weighted by Crippen LogP contribution is 2.22. The van der Waals surface area contributed by atoms with Crippen molar-refractivity contribution in [2.75, 3.05) is 19.0 Å². The van der Waals surface area contributed by atoms with Crippen LogP contribution in [-0.4, -0.2) is 35.7 Å². The minimum atomic E-state index is -0.489. The van der Waals surface area contributed by atoms with Crippen molar-refractivity contribution in [3.05, 3.63) is 65.3 Å². The van der Waals surface area contributed by atoms with Crippen molar-refractivity contribution in [3.8, 4) is 17.0 Å². The lowest BCUT2D eigenvalue weighted by Crippen LogP contribution is -2.44. The lowest BCUT2D eigenvalue weighted by Gasteiger charge is -2.10. The maximum absolute atomic E-state index is 12.4. The first-order chi connectivity index (χ1) is 13.6. The monoisotopic (exact) mass is 399 g/mol. The summed E-state index contributed by atoms with van der Waals surface area (Å²) in [4.78, 5) is 24.3. The third-order valence-corrected chi connectivity index (χ3v) is 4.13. The lowest BCUT2D eigenvalue weighted by atomic mass is 10.1. The summed E-state index contributed by atoms with van der Waals surface area (Å²) in [6, 6.07) is 14.1. The van der Waals surface area contributed by atoms with Crippen LogP contribution in [0.5, 0.6) is 5.75 Å². The molecule has 1 aromatic heterocycles. The maximum atomic E-state index is 12.4. The van der Waals surface area contributed by atoms with Crippen LogP contribution in [0.2, 0.25) is 5.02 Å². The number of anilines is 1. The van der Waals surface area contributed by atoms with E-state index in [4.69, 9.17) is 16.3 Å². The number of hydrogen-bond acceptors (Lipinski definition) is 5. The number of benzene rings is 2. The third-order valence-electron chi connectivity index (χ3n) is 3.88. The van der Waals surface area contributed by atoms with E-state index in [0.29, 0.717) is 16.3 Å². The first-order valence-electron chi connectivity index (χ1n) is 8.33. The zero-order valence-corrected chi connectivity index (χ0v) is 15.7. The summed E-state index contributed by atoms with van der Waals surface area (Å²) in [6.45, 7) is -0.0119. The van der Waals surface area contributed by atoms with Gasteiger partial charge in [-0.2, -0.15) is 5.10 Å². The highest BCUT2D eigenvalue weighted by Gasteiger charge is 2.16. The van der Waals surface area contributed by atoms with E-state index < -0.39 is 11.8 Å². The van der Waals surface area contributed by atoms with Crippen molar-refractivity contribution in [2.45, 2.75) is 0 Å². The van der Waals surface area contributed by atoms with Crippen molar-refractivity contribution in [1.82, 2.24) is 21.0 Å². The second kappa shape index (κ2) is 8.92. The second-order valence-corrected chi connectivity index (χ2v) is 6.19. The zero-order valence-electron chi connectivity index (χ0n) is 15.0. The second-order valence-electron chi connectivity index (χ2n) is 5.75. The molecule has 144 valence electrons. The van der Waals surface area contributed by atoms with E-state index in [9.17, 15) is 9.59 Å². The number of rotatable bonds is 6. The van der Waals surface area contributed by atoms with Gasteiger partial charge in [-0.3, -0.25) is 25.5 Å². The van der Waals surface area contributed by atoms with Gasteiger partial charge in [0.1, 0.15) is 5.75 Å². The molecule has 0 unspecified atom stereocenters. The molecule has 3 aromatic rings. The van der Waals surface area contributed by atoms with E-state index in [0.717, 1.165) is 17.0 Å². The van der Waals surface area contributed by atoms with Gasteiger partial charge in [0, 0.05) is 16.3 Å². The van der Waals surface area contributed by atoms with Gasteiger partial charge in [-0.05, 0) is 36.4 Å². The number of amides is 2. The maximum Gasteiger partial charge on any atom is 0.273 e. The van der Waals surface area contributed by atoms with Gasteiger partial charge in [-0.15, -0.1) is 0 Å². The normalized spacial score (nSPS) is 10.2. The van der Waals surface area contributed by atoms with Crippen molar-refractivity contribution >= 4 is 29.1 Å². The van der Waals surface area contributed by atoms with Crippen LogP contribution in [0.15, 0.2) is 54.7 Å². The summed E-state index contributed by atoms with van der Waals surface area (Å²) in [7, 11) is 1.58. The van der Waals surface area contributed by atoms with Crippen LogP contribution in [0.4, 0.5) is 5.69 Å². The Morgan fingerprint density at radius 3 is 2.46 bits per heavy atom. The fourth-order valence-corrected chi connectivity index (χ4v) is 2.55. The molecule has 0 atom stereocenters. The summed E-state index contributed by atoms with van der Waals surface area (Å²) in [5.41, 5.74) is 7.07. The molecule has 8 nitrogen and oxygen atoms in total. The van der Waals surface area contributed by atoms with Gasteiger partial charge >= 0.3 is 0 Å². The van der Waals surface area contributed by atoms with Gasteiger partial charge in [0.2, 0.25) is 0 Å². The largest absolute Gasteiger partial charge is 0.497 e. The van der Waals surface area contributed by atoms with Crippen molar-refractivity contribution < 1.29 is 14.3 Å². The number of halogens is 1. The molecule has 0 fully saturated rings. The van der Waals surface area contributed by atoms with E-state index in [1.165, 1.54) is 6.20 Å². The molecule has 0 saturated carbocycles. The average molecular weight is 400 g/mol. The standard InChI is InChI=1S/C19H18ClN5O3/c1-28-15-8-6-14(7-9-15)21-11-17(26)23-25-19(27)16-10-22-24-18(16)12-2-4-13(20)5-3-12/h2-10,21H,11H2,1H3,(H,22,24)(H,23,26)(H,25,27). The average Bonchev–Trinajstić information content (AvgIpc) is 3.21. The van der Waals surface area contributed by atoms with Crippen molar-refractivity contribution in [2.24, 2.45) is 0 Å². The van der Waals surface area contributed by atoms with Crippen LogP contribution in [0, 0.1) is 0 Å². The molecule has 0 aliphatic rings. The number of carbonyl (C=O) groups is 2. The lowest BCUT2D eigenvalue weighted by molar-refractivity contribution is -0.120. The Kier molecular flexibility index (Phi) is 6.13. The molecule has 0 aliphatic carbocycles. The molecule has 9 heteroatoms. The highest BCUT2D eigenvalue weighted by atomic mass is 35.5. The van der Waals surface area contributed by atoms with Gasteiger partial charge < -0.3 is 10.1 Å². The van der Waals surface area contributed by atoms with Gasteiger partial charge in [0.25, 0.3) is 11.8 Å². The first kappa shape index (κ1) is 19.2. The van der Waals surface area contributed by atoms with Gasteiger partial charge in [0.05, 0.1) is 31.1 Å². The van der Waals surface area contributed by atoms with E-state index in [1.54, 1.807) is 55.6 Å².